The Kier molecular flexibility index (Phi) is 4.33. The Morgan fingerprint density at radius 1 is 1.53 bits per heavy atom. The van der Waals surface area contributed by atoms with E-state index in [-0.39, 0.29) is 12.0 Å². The summed E-state index contributed by atoms with van der Waals surface area (Å²) in [4.78, 5) is 11.9. The van der Waals surface area contributed by atoms with Gasteiger partial charge in [0.15, 0.2) is 0 Å². The third-order valence-corrected chi connectivity index (χ3v) is 4.28. The minimum absolute atomic E-state index is 0.144. The van der Waals surface area contributed by atoms with Gasteiger partial charge in [-0.1, -0.05) is 6.07 Å². The number of nitrogens with one attached hydrogen (secondary N) is 1. The number of anilines is 1. The molecule has 2 unspecified atom stereocenters. The van der Waals surface area contributed by atoms with Crippen molar-refractivity contribution in [3.05, 3.63) is 23.8 Å². The summed E-state index contributed by atoms with van der Waals surface area (Å²) in [6.45, 7) is 0. The molecule has 2 N–H and O–H groups in total. The van der Waals surface area contributed by atoms with Gasteiger partial charge in [0.2, 0.25) is 0 Å². The van der Waals surface area contributed by atoms with Crippen LogP contribution in [0.3, 0.4) is 0 Å². The molecule has 5 heteroatoms. The SMILES string of the molecule is CSc1cccc(NC2CCC(C(=O)O)C2)c1C#N. The molecule has 100 valence electrons. The molecular weight excluding hydrogens is 260 g/mol. The van der Waals surface area contributed by atoms with Crippen LogP contribution in [0, 0.1) is 17.2 Å². The molecule has 1 aliphatic carbocycles. The number of carbonyl (C=O) groups is 1. The smallest absolute Gasteiger partial charge is 0.306 e. The Morgan fingerprint density at radius 2 is 2.32 bits per heavy atom. The Morgan fingerprint density at radius 3 is 2.89 bits per heavy atom. The minimum Gasteiger partial charge on any atom is -0.481 e. The van der Waals surface area contributed by atoms with E-state index in [1.807, 2.05) is 24.5 Å². The van der Waals surface area contributed by atoms with Gasteiger partial charge in [-0.05, 0) is 37.7 Å². The van der Waals surface area contributed by atoms with Crippen molar-refractivity contribution in [2.75, 3.05) is 11.6 Å². The van der Waals surface area contributed by atoms with Crippen LogP contribution in [-0.2, 0) is 4.79 Å². The van der Waals surface area contributed by atoms with E-state index in [4.69, 9.17) is 5.11 Å². The molecule has 0 radical (unpaired) electrons. The molecule has 0 aromatic heterocycles. The van der Waals surface area contributed by atoms with E-state index in [0.717, 1.165) is 17.0 Å². The van der Waals surface area contributed by atoms with E-state index in [0.29, 0.717) is 18.4 Å². The summed E-state index contributed by atoms with van der Waals surface area (Å²) in [6.07, 6.45) is 4.11. The average Bonchev–Trinajstić information content (AvgIpc) is 2.87. The Labute approximate surface area is 116 Å². The highest BCUT2D eigenvalue weighted by Gasteiger charge is 2.29. The number of thioether (sulfide) groups is 1. The standard InChI is InChI=1S/C14H16N2O2S/c1-19-13-4-2-3-12(11(13)8-15)16-10-6-5-9(7-10)14(17)18/h2-4,9-10,16H,5-7H2,1H3,(H,17,18). The topological polar surface area (TPSA) is 73.1 Å². The van der Waals surface area contributed by atoms with Gasteiger partial charge in [0.25, 0.3) is 0 Å². The first kappa shape index (κ1) is 13.8. The first-order chi connectivity index (χ1) is 9.15. The molecule has 0 spiro atoms. The molecule has 0 heterocycles. The lowest BCUT2D eigenvalue weighted by Gasteiger charge is -2.16. The van der Waals surface area contributed by atoms with Gasteiger partial charge in [0.1, 0.15) is 6.07 Å². The van der Waals surface area contributed by atoms with Crippen LogP contribution in [0.5, 0.6) is 0 Å². The van der Waals surface area contributed by atoms with E-state index in [1.54, 1.807) is 11.8 Å². The number of carboxylic acid groups (broad SMARTS) is 1. The third kappa shape index (κ3) is 3.02. The summed E-state index contributed by atoms with van der Waals surface area (Å²) < 4.78 is 0. The lowest BCUT2D eigenvalue weighted by molar-refractivity contribution is -0.141. The summed E-state index contributed by atoms with van der Waals surface area (Å²) in [5.74, 6) is -0.977. The molecular formula is C14H16N2O2S. The van der Waals surface area contributed by atoms with Gasteiger partial charge >= 0.3 is 5.97 Å². The number of carboxylic acids is 1. The molecule has 1 aliphatic rings. The molecule has 0 amide bonds. The number of hydrogen-bond donors (Lipinski definition) is 2. The Hall–Kier alpha value is -1.67. The van der Waals surface area contributed by atoms with Crippen LogP contribution in [0.25, 0.3) is 0 Å². The Balaban J connectivity index is 2.12. The molecule has 0 saturated heterocycles. The average molecular weight is 276 g/mol. The van der Waals surface area contributed by atoms with Gasteiger partial charge in [-0.3, -0.25) is 4.79 Å². The van der Waals surface area contributed by atoms with E-state index in [9.17, 15) is 10.1 Å². The summed E-state index contributed by atoms with van der Waals surface area (Å²) >= 11 is 1.54. The van der Waals surface area contributed by atoms with Gasteiger partial charge in [-0.25, -0.2) is 0 Å². The maximum Gasteiger partial charge on any atom is 0.306 e. The highest BCUT2D eigenvalue weighted by atomic mass is 32.2. The number of benzene rings is 1. The molecule has 1 fully saturated rings. The molecule has 1 saturated carbocycles. The van der Waals surface area contributed by atoms with Crippen LogP contribution in [0.1, 0.15) is 24.8 Å². The summed E-state index contributed by atoms with van der Waals surface area (Å²) in [5.41, 5.74) is 1.46. The van der Waals surface area contributed by atoms with Gasteiger partial charge in [-0.15, -0.1) is 11.8 Å². The van der Waals surface area contributed by atoms with Gasteiger partial charge < -0.3 is 10.4 Å². The predicted molar refractivity (Wildman–Crippen MR) is 75.3 cm³/mol. The zero-order valence-corrected chi connectivity index (χ0v) is 11.5. The second-order valence-corrected chi connectivity index (χ2v) is 5.53. The quantitative estimate of drug-likeness (QED) is 0.827. The summed E-state index contributed by atoms with van der Waals surface area (Å²) in [5, 5.41) is 21.6. The fourth-order valence-corrected chi connectivity index (χ4v) is 3.07. The summed E-state index contributed by atoms with van der Waals surface area (Å²) in [7, 11) is 0. The first-order valence-corrected chi connectivity index (χ1v) is 7.44. The van der Waals surface area contributed by atoms with E-state index >= 15 is 0 Å². The predicted octanol–water partition coefficient (Wildman–Crippen LogP) is 2.95. The minimum atomic E-state index is -0.720. The second-order valence-electron chi connectivity index (χ2n) is 4.68. The molecule has 2 atom stereocenters. The number of aliphatic carboxylic acids is 1. The van der Waals surface area contributed by atoms with Crippen molar-refractivity contribution in [1.29, 1.82) is 5.26 Å². The third-order valence-electron chi connectivity index (χ3n) is 3.50. The van der Waals surface area contributed by atoms with Gasteiger partial charge in [-0.2, -0.15) is 5.26 Å². The van der Waals surface area contributed by atoms with Crippen molar-refractivity contribution < 1.29 is 9.90 Å². The van der Waals surface area contributed by atoms with Crippen LogP contribution in [0.15, 0.2) is 23.1 Å². The van der Waals surface area contributed by atoms with Crippen LogP contribution in [0.2, 0.25) is 0 Å². The maximum atomic E-state index is 10.9. The molecule has 2 rings (SSSR count). The number of hydrogen-bond acceptors (Lipinski definition) is 4. The zero-order valence-electron chi connectivity index (χ0n) is 10.7. The molecule has 0 aliphatic heterocycles. The van der Waals surface area contributed by atoms with Crippen molar-refractivity contribution in [1.82, 2.24) is 0 Å². The van der Waals surface area contributed by atoms with Crippen molar-refractivity contribution in [2.45, 2.75) is 30.2 Å². The van der Waals surface area contributed by atoms with Crippen LogP contribution >= 0.6 is 11.8 Å². The largest absolute Gasteiger partial charge is 0.481 e. The van der Waals surface area contributed by atoms with Crippen LogP contribution in [0.4, 0.5) is 5.69 Å². The van der Waals surface area contributed by atoms with E-state index in [2.05, 4.69) is 11.4 Å². The lowest BCUT2D eigenvalue weighted by Crippen LogP contribution is -2.18. The van der Waals surface area contributed by atoms with E-state index < -0.39 is 5.97 Å². The number of rotatable bonds is 4. The van der Waals surface area contributed by atoms with Crippen molar-refractivity contribution in [2.24, 2.45) is 5.92 Å². The molecule has 1 aromatic carbocycles. The highest BCUT2D eigenvalue weighted by molar-refractivity contribution is 7.98. The number of nitriles is 1. The number of nitrogens with zero attached hydrogens (tertiary/aromatic N) is 1. The van der Waals surface area contributed by atoms with Gasteiger partial charge in [0.05, 0.1) is 17.2 Å². The molecule has 0 bridgehead atoms. The fraction of sp³-hybridized carbons (Fsp3) is 0.429. The molecule has 1 aromatic rings. The summed E-state index contributed by atoms with van der Waals surface area (Å²) in [6, 6.07) is 8.08. The lowest BCUT2D eigenvalue weighted by atomic mass is 10.1. The van der Waals surface area contributed by atoms with Crippen molar-refractivity contribution in [3.8, 4) is 6.07 Å². The first-order valence-electron chi connectivity index (χ1n) is 6.22. The second kappa shape index (κ2) is 5.98. The normalized spacial score (nSPS) is 21.9. The van der Waals surface area contributed by atoms with E-state index in [1.165, 1.54) is 0 Å². The monoisotopic (exact) mass is 276 g/mol. The molecule has 4 nitrogen and oxygen atoms in total. The maximum absolute atomic E-state index is 10.9. The van der Waals surface area contributed by atoms with Crippen molar-refractivity contribution in [3.63, 3.8) is 0 Å². The Bertz CT molecular complexity index is 525. The van der Waals surface area contributed by atoms with Gasteiger partial charge in [0, 0.05) is 10.9 Å². The highest BCUT2D eigenvalue weighted by Crippen LogP contribution is 2.31. The van der Waals surface area contributed by atoms with Crippen LogP contribution in [-0.4, -0.2) is 23.4 Å². The zero-order chi connectivity index (χ0) is 13.8. The van der Waals surface area contributed by atoms with Crippen molar-refractivity contribution >= 4 is 23.4 Å². The molecule has 19 heavy (non-hydrogen) atoms. The van der Waals surface area contributed by atoms with Crippen LogP contribution < -0.4 is 5.32 Å². The fourth-order valence-electron chi connectivity index (χ4n) is 2.49.